The van der Waals surface area contributed by atoms with E-state index in [0.717, 1.165) is 13.1 Å². The minimum absolute atomic E-state index is 0.178. The van der Waals surface area contributed by atoms with Gasteiger partial charge in [0.25, 0.3) is 0 Å². The summed E-state index contributed by atoms with van der Waals surface area (Å²) in [5, 5.41) is 8.98. The van der Waals surface area contributed by atoms with Gasteiger partial charge in [-0.2, -0.15) is 0 Å². The third kappa shape index (κ3) is 3.78. The minimum atomic E-state index is -0.869. The smallest absolute Gasteiger partial charge is 0.334 e. The first kappa shape index (κ1) is 14.5. The van der Waals surface area contributed by atoms with Crippen LogP contribution in [0.5, 0.6) is 0 Å². The highest BCUT2D eigenvalue weighted by Crippen LogP contribution is 2.30. The first-order valence-electron chi connectivity index (χ1n) is 6.52. The van der Waals surface area contributed by atoms with Gasteiger partial charge in [0.15, 0.2) is 6.10 Å². The highest BCUT2D eigenvalue weighted by molar-refractivity contribution is 7.12. The number of thiophene rings is 1. The third-order valence-electron chi connectivity index (χ3n) is 3.21. The van der Waals surface area contributed by atoms with Crippen LogP contribution in [0.1, 0.15) is 30.5 Å². The molecule has 1 aliphatic heterocycles. The van der Waals surface area contributed by atoms with Gasteiger partial charge >= 0.3 is 5.97 Å². The molecule has 5 heteroatoms. The van der Waals surface area contributed by atoms with Gasteiger partial charge in [0, 0.05) is 29.4 Å². The second kappa shape index (κ2) is 5.61. The van der Waals surface area contributed by atoms with E-state index in [4.69, 9.17) is 9.84 Å². The van der Waals surface area contributed by atoms with Crippen molar-refractivity contribution in [1.82, 2.24) is 4.90 Å². The van der Waals surface area contributed by atoms with Gasteiger partial charge in [-0.15, -0.1) is 11.3 Å². The maximum Gasteiger partial charge on any atom is 0.334 e. The van der Waals surface area contributed by atoms with Crippen molar-refractivity contribution >= 4 is 17.3 Å². The number of carboxylic acids is 1. The zero-order chi connectivity index (χ0) is 14.0. The van der Waals surface area contributed by atoms with Crippen molar-refractivity contribution < 1.29 is 14.6 Å². The molecular weight excluding hydrogens is 262 g/mol. The van der Waals surface area contributed by atoms with Gasteiger partial charge in [0.05, 0.1) is 6.61 Å². The molecule has 0 amide bonds. The van der Waals surface area contributed by atoms with E-state index in [9.17, 15) is 4.79 Å². The predicted molar refractivity (Wildman–Crippen MR) is 75.7 cm³/mol. The molecule has 1 aromatic heterocycles. The summed E-state index contributed by atoms with van der Waals surface area (Å²) in [6, 6.07) is 4.33. The molecular formula is C14H21NO3S. The van der Waals surface area contributed by atoms with Crippen molar-refractivity contribution in [2.45, 2.75) is 38.8 Å². The van der Waals surface area contributed by atoms with Crippen LogP contribution in [-0.2, 0) is 21.5 Å². The number of morpholine rings is 1. The molecule has 1 fully saturated rings. The van der Waals surface area contributed by atoms with Crippen molar-refractivity contribution in [2.24, 2.45) is 0 Å². The molecule has 1 aliphatic rings. The molecule has 0 saturated carbocycles. The van der Waals surface area contributed by atoms with Crippen LogP contribution in [-0.4, -0.2) is 41.8 Å². The number of nitrogens with zero attached hydrogens (tertiary/aromatic N) is 1. The first-order chi connectivity index (χ1) is 8.86. The summed E-state index contributed by atoms with van der Waals surface area (Å²) < 4.78 is 5.23. The van der Waals surface area contributed by atoms with Crippen LogP contribution in [0, 0.1) is 0 Å². The molecule has 2 heterocycles. The Bertz CT molecular complexity index is 450. The molecule has 1 unspecified atom stereocenters. The number of aliphatic carboxylic acids is 1. The Balaban J connectivity index is 1.97. The average molecular weight is 283 g/mol. The van der Waals surface area contributed by atoms with Crippen LogP contribution < -0.4 is 0 Å². The molecule has 1 N–H and O–H groups in total. The lowest BCUT2D eigenvalue weighted by molar-refractivity contribution is -0.156. The van der Waals surface area contributed by atoms with Crippen molar-refractivity contribution in [1.29, 1.82) is 0 Å². The number of carbonyl (C=O) groups is 1. The lowest BCUT2D eigenvalue weighted by atomic mass is 9.95. The highest BCUT2D eigenvalue weighted by atomic mass is 32.1. The quantitative estimate of drug-likeness (QED) is 0.925. The van der Waals surface area contributed by atoms with E-state index in [2.05, 4.69) is 37.8 Å². The van der Waals surface area contributed by atoms with Gasteiger partial charge in [0.1, 0.15) is 0 Å². The van der Waals surface area contributed by atoms with Crippen LogP contribution in [0.2, 0.25) is 0 Å². The fraction of sp³-hybridized carbons (Fsp3) is 0.643. The lowest BCUT2D eigenvalue weighted by Crippen LogP contribution is -2.45. The highest BCUT2D eigenvalue weighted by Gasteiger charge is 2.26. The maximum absolute atomic E-state index is 10.9. The van der Waals surface area contributed by atoms with E-state index in [1.807, 2.05) is 11.3 Å². The Hall–Kier alpha value is -0.910. The summed E-state index contributed by atoms with van der Waals surface area (Å²) in [6.45, 7) is 9.19. The summed E-state index contributed by atoms with van der Waals surface area (Å²) in [5.41, 5.74) is 0.178. The van der Waals surface area contributed by atoms with Crippen LogP contribution in [0.3, 0.4) is 0 Å². The number of hydrogen-bond acceptors (Lipinski definition) is 4. The van der Waals surface area contributed by atoms with Crippen molar-refractivity contribution in [3.8, 4) is 0 Å². The zero-order valence-electron chi connectivity index (χ0n) is 11.7. The Morgan fingerprint density at radius 1 is 1.53 bits per heavy atom. The SMILES string of the molecule is CC(C)(C)c1ccc(CN2CCOC(C(=O)O)C2)s1. The minimum Gasteiger partial charge on any atom is -0.479 e. The monoisotopic (exact) mass is 283 g/mol. The largest absolute Gasteiger partial charge is 0.479 e. The molecule has 0 bridgehead atoms. The van der Waals surface area contributed by atoms with Gasteiger partial charge in [-0.1, -0.05) is 20.8 Å². The molecule has 1 atom stereocenters. The molecule has 0 aromatic carbocycles. The number of ether oxygens (including phenoxy) is 1. The van der Waals surface area contributed by atoms with E-state index >= 15 is 0 Å². The van der Waals surface area contributed by atoms with Gasteiger partial charge in [0.2, 0.25) is 0 Å². The third-order valence-corrected chi connectivity index (χ3v) is 4.70. The predicted octanol–water partition coefficient (Wildman–Crippen LogP) is 2.33. The first-order valence-corrected chi connectivity index (χ1v) is 7.34. The normalized spacial score (nSPS) is 21.5. The standard InChI is InChI=1S/C14H21NO3S/c1-14(2,3)12-5-4-10(19-12)8-15-6-7-18-11(9-15)13(16)17/h4-5,11H,6-9H2,1-3H3,(H,16,17). The molecule has 4 nitrogen and oxygen atoms in total. The fourth-order valence-corrected chi connectivity index (χ4v) is 3.19. The van der Waals surface area contributed by atoms with Crippen LogP contribution in [0.4, 0.5) is 0 Å². The van der Waals surface area contributed by atoms with E-state index in [1.165, 1.54) is 9.75 Å². The summed E-state index contributed by atoms with van der Waals surface area (Å²) >= 11 is 1.81. The molecule has 0 spiro atoms. The summed E-state index contributed by atoms with van der Waals surface area (Å²) in [4.78, 5) is 15.7. The zero-order valence-corrected chi connectivity index (χ0v) is 12.5. The van der Waals surface area contributed by atoms with Crippen molar-refractivity contribution in [3.63, 3.8) is 0 Å². The topological polar surface area (TPSA) is 49.8 Å². The van der Waals surface area contributed by atoms with E-state index < -0.39 is 12.1 Å². The summed E-state index contributed by atoms with van der Waals surface area (Å²) in [6.07, 6.45) is -0.684. The lowest BCUT2D eigenvalue weighted by Gasteiger charge is -2.30. The Morgan fingerprint density at radius 3 is 2.84 bits per heavy atom. The van der Waals surface area contributed by atoms with E-state index in [0.29, 0.717) is 13.2 Å². The molecule has 1 aromatic rings. The molecule has 2 rings (SSSR count). The Kier molecular flexibility index (Phi) is 4.28. The summed E-state index contributed by atoms with van der Waals surface area (Å²) in [7, 11) is 0. The molecule has 1 saturated heterocycles. The van der Waals surface area contributed by atoms with Crippen molar-refractivity contribution in [3.05, 3.63) is 21.9 Å². The van der Waals surface area contributed by atoms with Gasteiger partial charge in [-0.3, -0.25) is 4.90 Å². The molecule has 106 valence electrons. The van der Waals surface area contributed by atoms with Gasteiger partial charge in [-0.05, 0) is 17.5 Å². The molecule has 0 radical (unpaired) electrons. The number of carboxylic acid groups (broad SMARTS) is 1. The van der Waals surface area contributed by atoms with Crippen LogP contribution in [0.15, 0.2) is 12.1 Å². The van der Waals surface area contributed by atoms with E-state index in [1.54, 1.807) is 0 Å². The van der Waals surface area contributed by atoms with Gasteiger partial charge in [-0.25, -0.2) is 4.79 Å². The molecule has 19 heavy (non-hydrogen) atoms. The van der Waals surface area contributed by atoms with Crippen molar-refractivity contribution in [2.75, 3.05) is 19.7 Å². The second-order valence-electron chi connectivity index (χ2n) is 5.95. The summed E-state index contributed by atoms with van der Waals surface area (Å²) in [5.74, 6) is -0.869. The number of rotatable bonds is 3. The second-order valence-corrected chi connectivity index (χ2v) is 7.12. The Labute approximate surface area is 118 Å². The molecule has 0 aliphatic carbocycles. The van der Waals surface area contributed by atoms with Crippen LogP contribution in [0.25, 0.3) is 0 Å². The Morgan fingerprint density at radius 2 is 2.26 bits per heavy atom. The number of hydrogen-bond donors (Lipinski definition) is 1. The van der Waals surface area contributed by atoms with Crippen LogP contribution >= 0.6 is 11.3 Å². The maximum atomic E-state index is 10.9. The fourth-order valence-electron chi connectivity index (χ4n) is 2.08. The van der Waals surface area contributed by atoms with Gasteiger partial charge < -0.3 is 9.84 Å². The van der Waals surface area contributed by atoms with E-state index in [-0.39, 0.29) is 5.41 Å². The average Bonchev–Trinajstić information content (AvgIpc) is 2.77.